The standard InChI is InChI=1S/C18H22N6O/c25-18(13-4-2-1-3-5-13)23-10-14-8-22(9-15(14)11-23)17-7-6-16-20-19-12-24(16)21-17/h1-2,6-7,12-15H,3-5,8-11H2. The maximum atomic E-state index is 12.7. The second kappa shape index (κ2) is 5.82. The van der Waals surface area contributed by atoms with Crippen molar-refractivity contribution < 1.29 is 4.79 Å². The summed E-state index contributed by atoms with van der Waals surface area (Å²) in [5.74, 6) is 2.66. The highest BCUT2D eigenvalue weighted by molar-refractivity contribution is 5.79. The van der Waals surface area contributed by atoms with Crippen LogP contribution in [0, 0.1) is 17.8 Å². The summed E-state index contributed by atoms with van der Waals surface area (Å²) in [7, 11) is 0. The lowest BCUT2D eigenvalue weighted by atomic mass is 9.93. The predicted molar refractivity (Wildman–Crippen MR) is 93.0 cm³/mol. The quantitative estimate of drug-likeness (QED) is 0.774. The maximum absolute atomic E-state index is 12.7. The number of anilines is 1. The van der Waals surface area contributed by atoms with Crippen LogP contribution in [0.15, 0.2) is 30.6 Å². The maximum Gasteiger partial charge on any atom is 0.226 e. The summed E-state index contributed by atoms with van der Waals surface area (Å²) < 4.78 is 1.72. The van der Waals surface area contributed by atoms with E-state index in [0.717, 1.165) is 56.9 Å². The molecule has 130 valence electrons. The molecule has 0 saturated carbocycles. The van der Waals surface area contributed by atoms with Crippen LogP contribution in [0.25, 0.3) is 5.65 Å². The molecule has 0 radical (unpaired) electrons. The van der Waals surface area contributed by atoms with E-state index >= 15 is 0 Å². The zero-order valence-electron chi connectivity index (χ0n) is 14.2. The molecule has 0 spiro atoms. The topological polar surface area (TPSA) is 66.6 Å². The lowest BCUT2D eigenvalue weighted by Crippen LogP contribution is -2.37. The van der Waals surface area contributed by atoms with Gasteiger partial charge in [-0.1, -0.05) is 12.2 Å². The summed E-state index contributed by atoms with van der Waals surface area (Å²) in [4.78, 5) is 17.2. The monoisotopic (exact) mass is 338 g/mol. The first kappa shape index (κ1) is 14.9. The molecule has 25 heavy (non-hydrogen) atoms. The molecule has 0 bridgehead atoms. The van der Waals surface area contributed by atoms with E-state index in [1.807, 2.05) is 12.1 Å². The Morgan fingerprint density at radius 3 is 2.68 bits per heavy atom. The van der Waals surface area contributed by atoms with Gasteiger partial charge in [-0.3, -0.25) is 4.79 Å². The van der Waals surface area contributed by atoms with E-state index in [-0.39, 0.29) is 5.92 Å². The van der Waals surface area contributed by atoms with E-state index in [0.29, 0.717) is 17.7 Å². The number of rotatable bonds is 2. The summed E-state index contributed by atoms with van der Waals surface area (Å²) in [5.41, 5.74) is 0.765. The van der Waals surface area contributed by atoms with E-state index < -0.39 is 0 Å². The van der Waals surface area contributed by atoms with Crippen molar-refractivity contribution in [1.82, 2.24) is 24.7 Å². The van der Waals surface area contributed by atoms with Crippen molar-refractivity contribution in [1.29, 1.82) is 0 Å². The van der Waals surface area contributed by atoms with Crippen LogP contribution in [0.3, 0.4) is 0 Å². The number of aromatic nitrogens is 4. The lowest BCUT2D eigenvalue weighted by molar-refractivity contribution is -0.135. The van der Waals surface area contributed by atoms with Crippen LogP contribution < -0.4 is 4.90 Å². The van der Waals surface area contributed by atoms with Crippen LogP contribution in [0.5, 0.6) is 0 Å². The third-order valence-electron chi connectivity index (χ3n) is 5.89. The Kier molecular flexibility index (Phi) is 3.46. The molecule has 1 amide bonds. The molecule has 0 aromatic carbocycles. The van der Waals surface area contributed by atoms with Gasteiger partial charge in [0.1, 0.15) is 12.1 Å². The van der Waals surface area contributed by atoms with Gasteiger partial charge in [0.25, 0.3) is 0 Å². The van der Waals surface area contributed by atoms with E-state index in [1.165, 1.54) is 0 Å². The number of carbonyl (C=O) groups is 1. The number of amides is 1. The van der Waals surface area contributed by atoms with Crippen LogP contribution >= 0.6 is 0 Å². The van der Waals surface area contributed by atoms with Gasteiger partial charge in [-0.15, -0.1) is 15.3 Å². The van der Waals surface area contributed by atoms with Crippen LogP contribution in [-0.2, 0) is 4.79 Å². The molecule has 5 rings (SSSR count). The van der Waals surface area contributed by atoms with Crippen molar-refractivity contribution >= 4 is 17.4 Å². The normalized spacial score (nSPS) is 28.7. The fourth-order valence-corrected chi connectivity index (χ4v) is 4.52. The second-order valence-electron chi connectivity index (χ2n) is 7.47. The number of hydrogen-bond acceptors (Lipinski definition) is 5. The number of hydrogen-bond donors (Lipinski definition) is 0. The molecule has 3 unspecified atom stereocenters. The number of carbonyl (C=O) groups excluding carboxylic acids is 1. The summed E-state index contributed by atoms with van der Waals surface area (Å²) >= 11 is 0. The van der Waals surface area contributed by atoms with Gasteiger partial charge in [0.2, 0.25) is 5.91 Å². The summed E-state index contributed by atoms with van der Waals surface area (Å²) in [5, 5.41) is 12.5. The van der Waals surface area contributed by atoms with Gasteiger partial charge in [-0.2, -0.15) is 4.52 Å². The van der Waals surface area contributed by atoms with Gasteiger partial charge < -0.3 is 9.80 Å². The Balaban J connectivity index is 1.25. The van der Waals surface area contributed by atoms with Crippen LogP contribution in [0.2, 0.25) is 0 Å². The molecule has 3 atom stereocenters. The van der Waals surface area contributed by atoms with Gasteiger partial charge in [-0.05, 0) is 31.4 Å². The lowest BCUT2D eigenvalue weighted by Gasteiger charge is -2.26. The molecule has 2 aromatic heterocycles. The van der Waals surface area contributed by atoms with Gasteiger partial charge in [-0.25, -0.2) is 0 Å². The Labute approximate surface area is 146 Å². The molecule has 7 heteroatoms. The van der Waals surface area contributed by atoms with Gasteiger partial charge >= 0.3 is 0 Å². The minimum Gasteiger partial charge on any atom is -0.354 e. The zero-order valence-corrected chi connectivity index (χ0v) is 14.2. The summed E-state index contributed by atoms with van der Waals surface area (Å²) in [6.45, 7) is 3.74. The molecule has 1 aliphatic carbocycles. The third-order valence-corrected chi connectivity index (χ3v) is 5.89. The van der Waals surface area contributed by atoms with Crippen molar-refractivity contribution in [2.45, 2.75) is 19.3 Å². The van der Waals surface area contributed by atoms with Crippen molar-refractivity contribution in [3.63, 3.8) is 0 Å². The zero-order chi connectivity index (χ0) is 16.8. The van der Waals surface area contributed by atoms with E-state index in [2.05, 4.69) is 37.2 Å². The first-order chi connectivity index (χ1) is 12.3. The van der Waals surface area contributed by atoms with Crippen LogP contribution in [0.4, 0.5) is 5.82 Å². The summed E-state index contributed by atoms with van der Waals surface area (Å²) in [6, 6.07) is 3.97. The largest absolute Gasteiger partial charge is 0.354 e. The van der Waals surface area contributed by atoms with Crippen molar-refractivity contribution in [2.24, 2.45) is 17.8 Å². The first-order valence-electron chi connectivity index (χ1n) is 9.14. The Morgan fingerprint density at radius 1 is 1.08 bits per heavy atom. The van der Waals surface area contributed by atoms with Crippen molar-refractivity contribution in [3.05, 3.63) is 30.6 Å². The predicted octanol–water partition coefficient (Wildman–Crippen LogP) is 1.38. The Bertz CT molecular complexity index is 816. The number of nitrogens with zero attached hydrogens (tertiary/aromatic N) is 6. The number of allylic oxidation sites excluding steroid dienone is 2. The van der Waals surface area contributed by atoms with E-state index in [4.69, 9.17) is 0 Å². The Hall–Kier alpha value is -2.44. The third kappa shape index (κ3) is 2.58. The van der Waals surface area contributed by atoms with Crippen molar-refractivity contribution in [2.75, 3.05) is 31.1 Å². The average Bonchev–Trinajstić information content (AvgIpc) is 3.35. The molecule has 7 nitrogen and oxygen atoms in total. The van der Waals surface area contributed by atoms with Crippen LogP contribution in [-0.4, -0.2) is 56.8 Å². The molecule has 0 N–H and O–H groups in total. The molecular weight excluding hydrogens is 316 g/mol. The molecule has 4 heterocycles. The minimum absolute atomic E-state index is 0.206. The number of fused-ring (bicyclic) bond motifs is 2. The molecule has 2 saturated heterocycles. The van der Waals surface area contributed by atoms with E-state index in [9.17, 15) is 4.79 Å². The van der Waals surface area contributed by atoms with E-state index in [1.54, 1.807) is 10.8 Å². The first-order valence-corrected chi connectivity index (χ1v) is 9.14. The average molecular weight is 338 g/mol. The van der Waals surface area contributed by atoms with Gasteiger partial charge in [0.15, 0.2) is 5.65 Å². The smallest absolute Gasteiger partial charge is 0.226 e. The fourth-order valence-electron chi connectivity index (χ4n) is 4.52. The van der Waals surface area contributed by atoms with Crippen LogP contribution in [0.1, 0.15) is 19.3 Å². The second-order valence-corrected chi connectivity index (χ2v) is 7.47. The van der Waals surface area contributed by atoms with Crippen molar-refractivity contribution in [3.8, 4) is 0 Å². The molecule has 2 aromatic rings. The number of likely N-dealkylation sites (tertiary alicyclic amines) is 1. The van der Waals surface area contributed by atoms with Gasteiger partial charge in [0.05, 0.1) is 0 Å². The molecule has 2 fully saturated rings. The highest BCUT2D eigenvalue weighted by Crippen LogP contribution is 2.34. The Morgan fingerprint density at radius 2 is 1.92 bits per heavy atom. The van der Waals surface area contributed by atoms with Gasteiger partial charge in [0, 0.05) is 43.9 Å². The summed E-state index contributed by atoms with van der Waals surface area (Å²) in [6.07, 6.45) is 8.96. The minimum atomic E-state index is 0.206. The highest BCUT2D eigenvalue weighted by Gasteiger charge is 2.43. The highest BCUT2D eigenvalue weighted by atomic mass is 16.2. The molecule has 3 aliphatic rings. The molecular formula is C18H22N6O. The fraction of sp³-hybridized carbons (Fsp3) is 0.556. The molecule has 2 aliphatic heterocycles. The SMILES string of the molecule is O=C(C1CC=CCC1)N1CC2CN(c3ccc4nncn4n3)CC2C1.